The Bertz CT molecular complexity index is 846. The van der Waals surface area contributed by atoms with E-state index < -0.39 is 0 Å². The molecule has 28 heavy (non-hydrogen) atoms. The Balaban J connectivity index is 1.63. The average Bonchev–Trinajstić information content (AvgIpc) is 3.22. The van der Waals surface area contributed by atoms with E-state index >= 15 is 0 Å². The number of carbonyl (C=O) groups excluding carboxylic acids is 2. The molecule has 1 heterocycles. The summed E-state index contributed by atoms with van der Waals surface area (Å²) in [4.78, 5) is 29.4. The highest BCUT2D eigenvalue weighted by Gasteiger charge is 2.28. The molecule has 0 saturated carbocycles. The molecule has 1 aromatic carbocycles. The number of nitrogens with zero attached hydrogens (tertiary/aromatic N) is 1. The molecule has 0 aliphatic heterocycles. The Morgan fingerprint density at radius 3 is 2.68 bits per heavy atom. The number of hydrogen-bond acceptors (Lipinski definition) is 6. The second-order valence-electron chi connectivity index (χ2n) is 6.85. The third kappa shape index (κ3) is 4.96. The lowest BCUT2D eigenvalue weighted by Gasteiger charge is -2.16. The first-order valence-corrected chi connectivity index (χ1v) is 11.5. The largest absolute Gasteiger partial charge is 0.462 e. The van der Waals surface area contributed by atoms with Crippen LogP contribution < -0.4 is 5.32 Å². The number of hydrogen-bond donors (Lipinski definition) is 1. The summed E-state index contributed by atoms with van der Waals surface area (Å²) >= 11 is 3.22. The predicted octanol–water partition coefficient (Wildman–Crippen LogP) is 4.21. The fraction of sp³-hybridized carbons (Fsp3) is 0.429. The SMILES string of the molecule is CCOC(=O)c1c(NC(=O)CN(C)Cc2ccc(SC)cc2)sc2c1CCC2. The van der Waals surface area contributed by atoms with Crippen LogP contribution in [-0.4, -0.2) is 43.2 Å². The van der Waals surface area contributed by atoms with E-state index in [0.717, 1.165) is 30.4 Å². The molecule has 1 aliphatic carbocycles. The molecule has 1 aliphatic rings. The monoisotopic (exact) mass is 418 g/mol. The van der Waals surface area contributed by atoms with E-state index in [1.807, 2.05) is 11.9 Å². The number of thioether (sulfide) groups is 1. The summed E-state index contributed by atoms with van der Waals surface area (Å²) < 4.78 is 5.22. The molecule has 0 saturated heterocycles. The highest BCUT2D eigenvalue weighted by Crippen LogP contribution is 2.39. The summed E-state index contributed by atoms with van der Waals surface area (Å²) in [5, 5.41) is 3.58. The summed E-state index contributed by atoms with van der Waals surface area (Å²) in [6, 6.07) is 8.35. The number of aryl methyl sites for hydroxylation is 1. The minimum atomic E-state index is -0.334. The number of amides is 1. The van der Waals surface area contributed by atoms with Crippen molar-refractivity contribution in [1.82, 2.24) is 4.90 Å². The minimum Gasteiger partial charge on any atom is -0.462 e. The Kier molecular flexibility index (Phi) is 7.15. The summed E-state index contributed by atoms with van der Waals surface area (Å²) in [5.41, 5.74) is 2.78. The first-order chi connectivity index (χ1) is 13.5. The molecule has 0 spiro atoms. The van der Waals surface area contributed by atoms with Crippen molar-refractivity contribution < 1.29 is 14.3 Å². The van der Waals surface area contributed by atoms with E-state index in [1.165, 1.54) is 21.1 Å². The maximum Gasteiger partial charge on any atom is 0.341 e. The predicted molar refractivity (Wildman–Crippen MR) is 115 cm³/mol. The van der Waals surface area contributed by atoms with Crippen LogP contribution in [0.15, 0.2) is 29.2 Å². The average molecular weight is 419 g/mol. The Labute approximate surface area is 174 Å². The number of rotatable bonds is 8. The highest BCUT2D eigenvalue weighted by atomic mass is 32.2. The van der Waals surface area contributed by atoms with Crippen LogP contribution in [0.4, 0.5) is 5.00 Å². The molecule has 7 heteroatoms. The van der Waals surface area contributed by atoms with Crippen LogP contribution in [0.1, 0.15) is 39.7 Å². The third-order valence-corrected chi connectivity index (χ3v) is 6.63. The number of ether oxygens (including phenoxy) is 1. The van der Waals surface area contributed by atoms with Crippen molar-refractivity contribution >= 4 is 40.0 Å². The van der Waals surface area contributed by atoms with Gasteiger partial charge in [0.15, 0.2) is 0 Å². The van der Waals surface area contributed by atoms with Gasteiger partial charge in [0.1, 0.15) is 5.00 Å². The van der Waals surface area contributed by atoms with Crippen LogP contribution in [0.3, 0.4) is 0 Å². The van der Waals surface area contributed by atoms with Crippen molar-refractivity contribution in [3.05, 3.63) is 45.8 Å². The van der Waals surface area contributed by atoms with E-state index in [1.54, 1.807) is 18.7 Å². The van der Waals surface area contributed by atoms with Crippen LogP contribution in [0.2, 0.25) is 0 Å². The summed E-state index contributed by atoms with van der Waals surface area (Å²) in [6.45, 7) is 3.07. The molecule has 1 aromatic heterocycles. The molecule has 0 radical (unpaired) electrons. The Hall–Kier alpha value is -1.83. The molecular weight excluding hydrogens is 392 g/mol. The van der Waals surface area contributed by atoms with Crippen molar-refractivity contribution in [2.24, 2.45) is 0 Å². The van der Waals surface area contributed by atoms with Gasteiger partial charge in [-0.1, -0.05) is 12.1 Å². The second-order valence-corrected chi connectivity index (χ2v) is 8.84. The minimum absolute atomic E-state index is 0.117. The van der Waals surface area contributed by atoms with Crippen molar-refractivity contribution in [1.29, 1.82) is 0 Å². The first-order valence-electron chi connectivity index (χ1n) is 9.44. The van der Waals surface area contributed by atoms with Gasteiger partial charge in [0, 0.05) is 16.3 Å². The van der Waals surface area contributed by atoms with Crippen molar-refractivity contribution in [3.63, 3.8) is 0 Å². The quantitative estimate of drug-likeness (QED) is 0.514. The lowest BCUT2D eigenvalue weighted by Crippen LogP contribution is -2.30. The van der Waals surface area contributed by atoms with Crippen LogP contribution in [0.25, 0.3) is 0 Å². The molecule has 0 unspecified atom stereocenters. The number of esters is 1. The zero-order valence-electron chi connectivity index (χ0n) is 16.5. The van der Waals surface area contributed by atoms with Gasteiger partial charge in [-0.15, -0.1) is 23.1 Å². The van der Waals surface area contributed by atoms with Gasteiger partial charge in [-0.25, -0.2) is 4.79 Å². The molecule has 0 fully saturated rings. The maximum atomic E-state index is 12.6. The first kappa shape index (κ1) is 20.9. The van der Waals surface area contributed by atoms with Gasteiger partial charge in [0.05, 0.1) is 18.7 Å². The number of likely N-dealkylation sites (N-methyl/N-ethyl adjacent to an activating group) is 1. The molecule has 1 N–H and O–H groups in total. The van der Waals surface area contributed by atoms with Gasteiger partial charge in [-0.2, -0.15) is 0 Å². The van der Waals surface area contributed by atoms with Gasteiger partial charge >= 0.3 is 5.97 Å². The number of benzene rings is 1. The topological polar surface area (TPSA) is 58.6 Å². The second kappa shape index (κ2) is 9.58. The fourth-order valence-corrected chi connectivity index (χ4v) is 5.12. The van der Waals surface area contributed by atoms with Crippen molar-refractivity contribution in [2.75, 3.05) is 31.8 Å². The van der Waals surface area contributed by atoms with E-state index in [2.05, 4.69) is 35.8 Å². The lowest BCUT2D eigenvalue weighted by atomic mass is 10.1. The molecular formula is C21H26N2O3S2. The Morgan fingerprint density at radius 1 is 1.25 bits per heavy atom. The van der Waals surface area contributed by atoms with Gasteiger partial charge in [0.2, 0.25) is 5.91 Å². The molecule has 2 aromatic rings. The van der Waals surface area contributed by atoms with Crippen molar-refractivity contribution in [2.45, 2.75) is 37.6 Å². The smallest absolute Gasteiger partial charge is 0.341 e. The normalized spacial score (nSPS) is 12.9. The van der Waals surface area contributed by atoms with Crippen molar-refractivity contribution in [3.8, 4) is 0 Å². The Morgan fingerprint density at radius 2 is 2.00 bits per heavy atom. The van der Waals surface area contributed by atoms with Gasteiger partial charge in [-0.05, 0) is 62.7 Å². The van der Waals surface area contributed by atoms with Gasteiger partial charge in [-0.3, -0.25) is 9.69 Å². The van der Waals surface area contributed by atoms with E-state index in [0.29, 0.717) is 23.7 Å². The van der Waals surface area contributed by atoms with Gasteiger partial charge in [0.25, 0.3) is 0 Å². The molecule has 1 amide bonds. The molecule has 0 atom stereocenters. The summed E-state index contributed by atoms with van der Waals surface area (Å²) in [6.07, 6.45) is 4.95. The summed E-state index contributed by atoms with van der Waals surface area (Å²) in [7, 11) is 1.92. The van der Waals surface area contributed by atoms with Gasteiger partial charge < -0.3 is 10.1 Å². The zero-order chi connectivity index (χ0) is 20.1. The van der Waals surface area contributed by atoms with E-state index in [9.17, 15) is 9.59 Å². The molecule has 3 rings (SSSR count). The number of carbonyl (C=O) groups is 2. The lowest BCUT2D eigenvalue weighted by molar-refractivity contribution is -0.117. The zero-order valence-corrected chi connectivity index (χ0v) is 18.2. The van der Waals surface area contributed by atoms with E-state index in [4.69, 9.17) is 4.74 Å². The van der Waals surface area contributed by atoms with Crippen LogP contribution >= 0.6 is 23.1 Å². The highest BCUT2D eigenvalue weighted by molar-refractivity contribution is 7.98. The number of nitrogens with one attached hydrogen (secondary N) is 1. The fourth-order valence-electron chi connectivity index (χ4n) is 3.42. The molecule has 0 bridgehead atoms. The van der Waals surface area contributed by atoms with E-state index in [-0.39, 0.29) is 18.4 Å². The number of thiophene rings is 1. The van der Waals surface area contributed by atoms with Crippen LogP contribution in [-0.2, 0) is 28.9 Å². The molecule has 5 nitrogen and oxygen atoms in total. The third-order valence-electron chi connectivity index (χ3n) is 4.68. The summed E-state index contributed by atoms with van der Waals surface area (Å²) in [5.74, 6) is -0.451. The maximum absolute atomic E-state index is 12.6. The standard InChI is InChI=1S/C21H26N2O3S2/c1-4-26-21(25)19-16-6-5-7-17(16)28-20(19)22-18(24)13-23(2)12-14-8-10-15(27-3)11-9-14/h8-11H,4-7,12-13H2,1-3H3,(H,22,24). The van der Waals surface area contributed by atoms with Crippen LogP contribution in [0.5, 0.6) is 0 Å². The number of fused-ring (bicyclic) bond motifs is 1. The molecule has 150 valence electrons. The van der Waals surface area contributed by atoms with Crippen LogP contribution in [0, 0.1) is 0 Å². The number of anilines is 1.